The van der Waals surface area contributed by atoms with E-state index in [4.69, 9.17) is 0 Å². The first-order valence-electron chi connectivity index (χ1n) is 4.69. The lowest BCUT2D eigenvalue weighted by molar-refractivity contribution is 0.268. The van der Waals surface area contributed by atoms with Crippen molar-refractivity contribution in [3.8, 4) is 0 Å². The van der Waals surface area contributed by atoms with E-state index in [1.807, 2.05) is 11.9 Å². The molecule has 2 fully saturated rings. The first-order chi connectivity index (χ1) is 5.40. The lowest BCUT2D eigenvalue weighted by atomic mass is 9.93. The number of rotatable bonds is 2. The summed E-state index contributed by atoms with van der Waals surface area (Å²) in [4.78, 5) is 0. The quantitative estimate of drug-likeness (QED) is 0.587. The van der Waals surface area contributed by atoms with E-state index in [1.54, 1.807) is 0 Å². The van der Waals surface area contributed by atoms with E-state index in [0.717, 1.165) is 11.8 Å². The fraction of sp³-hybridized carbons (Fsp3) is 1.00. The lowest BCUT2D eigenvalue weighted by Gasteiger charge is -2.29. The van der Waals surface area contributed by atoms with E-state index in [2.05, 4.69) is 10.6 Å². The summed E-state index contributed by atoms with van der Waals surface area (Å²) in [6, 6.07) is 0. The first kappa shape index (κ1) is 7.93. The molecule has 1 saturated carbocycles. The number of piperidine rings is 1. The molecule has 0 amide bonds. The van der Waals surface area contributed by atoms with Gasteiger partial charge in [-0.05, 0) is 43.8 Å². The molecule has 11 heavy (non-hydrogen) atoms. The summed E-state index contributed by atoms with van der Waals surface area (Å²) in [5.41, 5.74) is 0. The average Bonchev–Trinajstić information content (AvgIpc) is 2.87. The van der Waals surface area contributed by atoms with Crippen molar-refractivity contribution in [3.63, 3.8) is 0 Å². The van der Waals surface area contributed by atoms with E-state index in [1.165, 1.54) is 38.8 Å². The normalized spacial score (nSPS) is 29.2. The topological polar surface area (TPSA) is 3.24 Å². The van der Waals surface area contributed by atoms with Gasteiger partial charge in [-0.15, -0.1) is 0 Å². The molecule has 2 aliphatic rings. The zero-order chi connectivity index (χ0) is 7.68. The Bertz CT molecular complexity index is 126. The minimum Gasteiger partial charge on any atom is -0.251 e. The summed E-state index contributed by atoms with van der Waals surface area (Å²) in [7, 11) is 0. The summed E-state index contributed by atoms with van der Waals surface area (Å²) in [6.07, 6.45) is 8.18. The third-order valence-corrected chi connectivity index (χ3v) is 3.93. The molecule has 2 heteroatoms. The zero-order valence-electron chi connectivity index (χ0n) is 7.25. The Morgan fingerprint density at radius 2 is 1.55 bits per heavy atom. The summed E-state index contributed by atoms with van der Waals surface area (Å²) in [6.45, 7) is 2.67. The molecule has 1 aliphatic carbocycles. The van der Waals surface area contributed by atoms with Crippen LogP contribution in [0.15, 0.2) is 0 Å². The van der Waals surface area contributed by atoms with Crippen LogP contribution in [-0.4, -0.2) is 23.7 Å². The van der Waals surface area contributed by atoms with Crippen molar-refractivity contribution in [1.29, 1.82) is 0 Å². The smallest absolute Gasteiger partial charge is 0.00919 e. The number of hydrogen-bond acceptors (Lipinski definition) is 2. The van der Waals surface area contributed by atoms with Crippen LogP contribution in [0.3, 0.4) is 0 Å². The van der Waals surface area contributed by atoms with Crippen LogP contribution < -0.4 is 0 Å². The van der Waals surface area contributed by atoms with E-state index < -0.39 is 0 Å². The molecular weight excluding hydrogens is 154 g/mol. The van der Waals surface area contributed by atoms with Crippen LogP contribution in [0.2, 0.25) is 0 Å². The van der Waals surface area contributed by atoms with E-state index in [9.17, 15) is 0 Å². The van der Waals surface area contributed by atoms with Gasteiger partial charge < -0.3 is 0 Å². The molecule has 0 N–H and O–H groups in total. The maximum Gasteiger partial charge on any atom is 0.00919 e. The van der Waals surface area contributed by atoms with Crippen LogP contribution in [0.25, 0.3) is 0 Å². The van der Waals surface area contributed by atoms with Crippen LogP contribution in [0, 0.1) is 11.8 Å². The van der Waals surface area contributed by atoms with Crippen molar-refractivity contribution in [2.75, 3.05) is 19.3 Å². The van der Waals surface area contributed by atoms with Crippen molar-refractivity contribution in [2.45, 2.75) is 25.7 Å². The molecule has 2 rings (SSSR count). The molecule has 0 spiro atoms. The van der Waals surface area contributed by atoms with Gasteiger partial charge in [0.15, 0.2) is 0 Å². The second-order valence-electron chi connectivity index (χ2n) is 3.79. The predicted octanol–water partition coefficient (Wildman–Crippen LogP) is 2.39. The Hall–Kier alpha value is 0.310. The molecule has 0 atom stereocenters. The molecular formula is C9H17NS. The molecule has 0 aromatic carbocycles. The van der Waals surface area contributed by atoms with Crippen molar-refractivity contribution in [2.24, 2.45) is 11.8 Å². The Labute approximate surface area is 73.7 Å². The summed E-state index contributed by atoms with van der Waals surface area (Å²) < 4.78 is 2.50. The second-order valence-corrected chi connectivity index (χ2v) is 4.67. The molecule has 0 bridgehead atoms. The van der Waals surface area contributed by atoms with Crippen molar-refractivity contribution in [3.05, 3.63) is 0 Å². The van der Waals surface area contributed by atoms with Gasteiger partial charge in [-0.2, -0.15) is 0 Å². The number of nitrogens with zero attached hydrogens (tertiary/aromatic N) is 1. The van der Waals surface area contributed by atoms with Crippen LogP contribution in [0.4, 0.5) is 0 Å². The summed E-state index contributed by atoms with van der Waals surface area (Å²) in [5.74, 6) is 2.23. The van der Waals surface area contributed by atoms with Crippen LogP contribution >= 0.6 is 11.9 Å². The monoisotopic (exact) mass is 171 g/mol. The highest BCUT2D eigenvalue weighted by molar-refractivity contribution is 7.96. The fourth-order valence-electron chi connectivity index (χ4n) is 2.10. The molecule has 1 nitrogen and oxygen atoms in total. The van der Waals surface area contributed by atoms with Gasteiger partial charge in [0, 0.05) is 13.1 Å². The van der Waals surface area contributed by atoms with Crippen molar-refractivity contribution >= 4 is 11.9 Å². The third-order valence-electron chi connectivity index (χ3n) is 3.05. The van der Waals surface area contributed by atoms with Gasteiger partial charge in [0.25, 0.3) is 0 Å². The predicted molar refractivity (Wildman–Crippen MR) is 50.5 cm³/mol. The second kappa shape index (κ2) is 3.36. The highest BCUT2D eigenvalue weighted by Gasteiger charge is 2.33. The Balaban J connectivity index is 1.75. The molecule has 1 saturated heterocycles. The largest absolute Gasteiger partial charge is 0.251 e. The lowest BCUT2D eigenvalue weighted by Crippen LogP contribution is -2.28. The van der Waals surface area contributed by atoms with E-state index in [0.29, 0.717) is 0 Å². The maximum atomic E-state index is 2.50. The minimum absolute atomic E-state index is 1.10. The van der Waals surface area contributed by atoms with E-state index in [-0.39, 0.29) is 0 Å². The minimum atomic E-state index is 1.10. The summed E-state index contributed by atoms with van der Waals surface area (Å²) in [5, 5.41) is 0. The van der Waals surface area contributed by atoms with Crippen molar-refractivity contribution < 1.29 is 0 Å². The molecule has 0 radical (unpaired) electrons. The SMILES string of the molecule is CSN1CCC(C2CC2)CC1. The Morgan fingerprint density at radius 3 is 2.00 bits per heavy atom. The zero-order valence-corrected chi connectivity index (χ0v) is 8.07. The first-order valence-corrected chi connectivity index (χ1v) is 5.87. The average molecular weight is 171 g/mol. The van der Waals surface area contributed by atoms with Gasteiger partial charge >= 0.3 is 0 Å². The van der Waals surface area contributed by atoms with Crippen LogP contribution in [0.1, 0.15) is 25.7 Å². The fourth-order valence-corrected chi connectivity index (χ4v) is 2.67. The van der Waals surface area contributed by atoms with Crippen molar-refractivity contribution in [1.82, 2.24) is 4.31 Å². The Kier molecular flexibility index (Phi) is 2.42. The van der Waals surface area contributed by atoms with Gasteiger partial charge in [0.2, 0.25) is 0 Å². The van der Waals surface area contributed by atoms with Gasteiger partial charge in [0.05, 0.1) is 0 Å². The molecule has 1 aliphatic heterocycles. The molecule has 64 valence electrons. The molecule has 1 heterocycles. The molecule has 0 aromatic rings. The Morgan fingerprint density at radius 1 is 1.00 bits per heavy atom. The van der Waals surface area contributed by atoms with Gasteiger partial charge in [-0.25, -0.2) is 0 Å². The maximum absolute atomic E-state index is 2.50. The van der Waals surface area contributed by atoms with Gasteiger partial charge in [0.1, 0.15) is 0 Å². The molecule has 0 unspecified atom stereocenters. The van der Waals surface area contributed by atoms with Crippen LogP contribution in [0.5, 0.6) is 0 Å². The van der Waals surface area contributed by atoms with Gasteiger partial charge in [-0.3, -0.25) is 4.31 Å². The summed E-state index contributed by atoms with van der Waals surface area (Å²) >= 11 is 1.91. The highest BCUT2D eigenvalue weighted by Crippen LogP contribution is 2.42. The standard InChI is InChI=1S/C9H17NS/c1-11-10-6-4-9(5-7-10)8-2-3-8/h8-9H,2-7H2,1H3. The van der Waals surface area contributed by atoms with Crippen LogP contribution in [-0.2, 0) is 0 Å². The third kappa shape index (κ3) is 1.91. The van der Waals surface area contributed by atoms with Gasteiger partial charge in [-0.1, -0.05) is 11.9 Å². The van der Waals surface area contributed by atoms with E-state index >= 15 is 0 Å². The number of hydrogen-bond donors (Lipinski definition) is 0. The molecule has 0 aromatic heterocycles. The highest BCUT2D eigenvalue weighted by atomic mass is 32.2.